The zero-order chi connectivity index (χ0) is 19.6. The first-order valence-corrected chi connectivity index (χ1v) is 9.82. The van der Waals surface area contributed by atoms with Gasteiger partial charge in [-0.15, -0.1) is 0 Å². The lowest BCUT2D eigenvalue weighted by molar-refractivity contribution is 0.0884. The van der Waals surface area contributed by atoms with Crippen LogP contribution in [0, 0.1) is 0 Å². The fourth-order valence-corrected chi connectivity index (χ4v) is 3.97. The highest BCUT2D eigenvalue weighted by molar-refractivity contribution is 5.85. The maximum absolute atomic E-state index is 12.6. The van der Waals surface area contributed by atoms with Crippen LogP contribution in [0.2, 0.25) is 0 Å². The maximum Gasteiger partial charge on any atom is 0.410 e. The topological polar surface area (TPSA) is 63.1 Å². The van der Waals surface area contributed by atoms with Gasteiger partial charge in [0.2, 0.25) is 0 Å². The summed E-state index contributed by atoms with van der Waals surface area (Å²) in [6.45, 7) is 2.07. The number of ether oxygens (including phenoxy) is 1. The van der Waals surface area contributed by atoms with E-state index in [9.17, 15) is 4.79 Å². The molecule has 2 aromatic carbocycles. The van der Waals surface area contributed by atoms with E-state index in [1.165, 1.54) is 16.5 Å². The van der Waals surface area contributed by atoms with Gasteiger partial charge in [-0.3, -0.25) is 0 Å². The second-order valence-electron chi connectivity index (χ2n) is 7.31. The van der Waals surface area contributed by atoms with Crippen LogP contribution in [-0.4, -0.2) is 32.1 Å². The van der Waals surface area contributed by atoms with Gasteiger partial charge in [-0.2, -0.15) is 0 Å². The normalized spacial score (nSPS) is 13.4. The van der Waals surface area contributed by atoms with E-state index in [1.807, 2.05) is 35.0 Å². The molecular weight excluding hydrogens is 364 g/mol. The highest BCUT2D eigenvalue weighted by atomic mass is 16.6. The summed E-state index contributed by atoms with van der Waals surface area (Å²) >= 11 is 0. The number of carbonyl (C=O) groups excluding carboxylic acids is 1. The number of amides is 1. The molecule has 4 aromatic rings. The molecule has 0 radical (unpaired) electrons. The third-order valence-corrected chi connectivity index (χ3v) is 5.46. The molecule has 3 heterocycles. The van der Waals surface area contributed by atoms with Gasteiger partial charge in [-0.1, -0.05) is 48.5 Å². The number of H-pyrrole nitrogens is 1. The molecule has 146 valence electrons. The van der Waals surface area contributed by atoms with Crippen LogP contribution in [0.4, 0.5) is 4.79 Å². The number of fused-ring (bicyclic) bond motifs is 3. The minimum absolute atomic E-state index is 0.161. The molecule has 1 N–H and O–H groups in total. The largest absolute Gasteiger partial charge is 0.441 e. The van der Waals surface area contributed by atoms with E-state index in [0.717, 1.165) is 23.5 Å². The molecule has 0 saturated carbocycles. The number of hydrogen-bond acceptors (Lipinski definition) is 3. The molecule has 6 heteroatoms. The number of nitrogens with one attached hydrogen (secondary N) is 1. The molecule has 0 aliphatic carbocycles. The van der Waals surface area contributed by atoms with Crippen molar-refractivity contribution in [1.29, 1.82) is 0 Å². The molecule has 5 rings (SSSR count). The molecule has 6 nitrogen and oxygen atoms in total. The summed E-state index contributed by atoms with van der Waals surface area (Å²) in [7, 11) is 0. The number of rotatable bonds is 4. The van der Waals surface area contributed by atoms with E-state index >= 15 is 0 Å². The number of benzene rings is 2. The predicted octanol–water partition coefficient (Wildman–Crippen LogP) is 4.11. The number of aromatic nitrogens is 3. The molecule has 0 atom stereocenters. The molecule has 0 saturated heterocycles. The van der Waals surface area contributed by atoms with E-state index in [-0.39, 0.29) is 12.7 Å². The lowest BCUT2D eigenvalue weighted by Crippen LogP contribution is -2.36. The summed E-state index contributed by atoms with van der Waals surface area (Å²) in [6, 6.07) is 18.4. The molecule has 0 spiro atoms. The van der Waals surface area contributed by atoms with Crippen LogP contribution < -0.4 is 0 Å². The Balaban J connectivity index is 1.24. The average Bonchev–Trinajstić information content (AvgIpc) is 3.36. The Kier molecular flexibility index (Phi) is 4.52. The summed E-state index contributed by atoms with van der Waals surface area (Å²) < 4.78 is 7.59. The van der Waals surface area contributed by atoms with Gasteiger partial charge in [0.05, 0.1) is 6.54 Å². The van der Waals surface area contributed by atoms with Crippen molar-refractivity contribution in [3.05, 3.63) is 89.6 Å². The van der Waals surface area contributed by atoms with E-state index in [2.05, 4.69) is 40.3 Å². The summed E-state index contributed by atoms with van der Waals surface area (Å²) in [5, 5.41) is 1.25. The van der Waals surface area contributed by atoms with Crippen molar-refractivity contribution in [2.75, 3.05) is 6.54 Å². The lowest BCUT2D eigenvalue weighted by Gasteiger charge is -2.26. The zero-order valence-corrected chi connectivity index (χ0v) is 16.0. The molecule has 1 aliphatic rings. The van der Waals surface area contributed by atoms with Gasteiger partial charge >= 0.3 is 6.09 Å². The minimum Gasteiger partial charge on any atom is -0.441 e. The summed E-state index contributed by atoms with van der Waals surface area (Å²) in [5.41, 5.74) is 4.71. The van der Waals surface area contributed by atoms with Crippen molar-refractivity contribution in [1.82, 2.24) is 19.4 Å². The van der Waals surface area contributed by atoms with Crippen LogP contribution in [0.15, 0.2) is 67.0 Å². The molecule has 1 aliphatic heterocycles. The van der Waals surface area contributed by atoms with Crippen LogP contribution >= 0.6 is 0 Å². The van der Waals surface area contributed by atoms with Crippen LogP contribution in [0.3, 0.4) is 0 Å². The van der Waals surface area contributed by atoms with Crippen LogP contribution in [0.1, 0.15) is 22.6 Å². The Bertz CT molecular complexity index is 1150. The first-order chi connectivity index (χ1) is 14.3. The quantitative estimate of drug-likeness (QED) is 0.574. The van der Waals surface area contributed by atoms with Crippen molar-refractivity contribution >= 4 is 17.0 Å². The first kappa shape index (κ1) is 17.6. The van der Waals surface area contributed by atoms with Crippen LogP contribution in [0.5, 0.6) is 0 Å². The Morgan fingerprint density at radius 2 is 1.93 bits per heavy atom. The van der Waals surface area contributed by atoms with Crippen molar-refractivity contribution in [3.63, 3.8) is 0 Å². The first-order valence-electron chi connectivity index (χ1n) is 9.82. The van der Waals surface area contributed by atoms with E-state index in [4.69, 9.17) is 4.74 Å². The highest BCUT2D eigenvalue weighted by Gasteiger charge is 2.25. The van der Waals surface area contributed by atoms with Gasteiger partial charge < -0.3 is 19.2 Å². The van der Waals surface area contributed by atoms with Gasteiger partial charge in [0.1, 0.15) is 5.82 Å². The van der Waals surface area contributed by atoms with Gasteiger partial charge in [0, 0.05) is 42.1 Å². The SMILES string of the molecule is O=C(OCc1nccn1Cc1ccccc1)N1CCc2c([nH]c3ccccc23)C1. The summed E-state index contributed by atoms with van der Waals surface area (Å²) in [4.78, 5) is 22.2. The number of hydrogen-bond donors (Lipinski definition) is 1. The monoisotopic (exact) mass is 386 g/mol. The lowest BCUT2D eigenvalue weighted by atomic mass is 10.0. The third-order valence-electron chi connectivity index (χ3n) is 5.46. The molecular formula is C23H22N4O2. The van der Waals surface area contributed by atoms with Gasteiger partial charge in [-0.25, -0.2) is 9.78 Å². The standard InChI is InChI=1S/C23H22N4O2/c28-23(27-12-10-19-18-8-4-5-9-20(18)25-21(19)15-27)29-16-22-24-11-13-26(22)14-17-6-2-1-3-7-17/h1-9,11,13,25H,10,12,14-16H2. The van der Waals surface area contributed by atoms with Gasteiger partial charge in [-0.05, 0) is 23.6 Å². The average molecular weight is 386 g/mol. The Hall–Kier alpha value is -3.54. The van der Waals surface area contributed by atoms with E-state index in [0.29, 0.717) is 19.6 Å². The fourth-order valence-electron chi connectivity index (χ4n) is 3.97. The third kappa shape index (κ3) is 3.49. The van der Waals surface area contributed by atoms with Crippen molar-refractivity contribution < 1.29 is 9.53 Å². The Morgan fingerprint density at radius 3 is 2.83 bits per heavy atom. The molecule has 2 aromatic heterocycles. The van der Waals surface area contributed by atoms with Crippen molar-refractivity contribution in [2.24, 2.45) is 0 Å². The number of imidazole rings is 1. The van der Waals surface area contributed by atoms with Crippen molar-refractivity contribution in [2.45, 2.75) is 26.1 Å². The Morgan fingerprint density at radius 1 is 1.10 bits per heavy atom. The molecule has 0 fully saturated rings. The summed E-state index contributed by atoms with van der Waals surface area (Å²) in [6.07, 6.45) is 4.18. The van der Waals surface area contributed by atoms with Crippen molar-refractivity contribution in [3.8, 4) is 0 Å². The maximum atomic E-state index is 12.6. The van der Waals surface area contributed by atoms with E-state index in [1.54, 1.807) is 11.1 Å². The molecule has 1 amide bonds. The van der Waals surface area contributed by atoms with E-state index < -0.39 is 0 Å². The smallest absolute Gasteiger partial charge is 0.410 e. The molecule has 0 unspecified atom stereocenters. The molecule has 29 heavy (non-hydrogen) atoms. The van der Waals surface area contributed by atoms with Crippen LogP contribution in [-0.2, 0) is 30.9 Å². The number of nitrogens with zero attached hydrogens (tertiary/aromatic N) is 3. The number of para-hydroxylation sites is 1. The highest BCUT2D eigenvalue weighted by Crippen LogP contribution is 2.27. The summed E-state index contributed by atoms with van der Waals surface area (Å²) in [5.74, 6) is 0.741. The predicted molar refractivity (Wildman–Crippen MR) is 110 cm³/mol. The number of carbonyl (C=O) groups is 1. The van der Waals surface area contributed by atoms with Gasteiger partial charge in [0.15, 0.2) is 6.61 Å². The zero-order valence-electron chi connectivity index (χ0n) is 16.0. The number of aromatic amines is 1. The van der Waals surface area contributed by atoms with Gasteiger partial charge in [0.25, 0.3) is 0 Å². The second-order valence-corrected chi connectivity index (χ2v) is 7.31. The Labute approximate surface area is 168 Å². The second kappa shape index (κ2) is 7.47. The fraction of sp³-hybridized carbons (Fsp3) is 0.217. The minimum atomic E-state index is -0.302. The molecule has 0 bridgehead atoms. The van der Waals surface area contributed by atoms with Crippen LogP contribution in [0.25, 0.3) is 10.9 Å².